The number of halogens is 1. The Morgan fingerprint density at radius 2 is 1.72 bits per heavy atom. The van der Waals surface area contributed by atoms with Crippen LogP contribution in [0.5, 0.6) is 0 Å². The molecule has 1 aliphatic rings. The zero-order valence-electron chi connectivity index (χ0n) is 19.6. The predicted octanol–water partition coefficient (Wildman–Crippen LogP) is 9.02. The summed E-state index contributed by atoms with van der Waals surface area (Å²) in [6.07, 6.45) is 13.4. The van der Waals surface area contributed by atoms with E-state index in [-0.39, 0.29) is 5.83 Å². The second kappa shape index (κ2) is 12.0. The van der Waals surface area contributed by atoms with Gasteiger partial charge in [0.05, 0.1) is 5.56 Å². The van der Waals surface area contributed by atoms with Gasteiger partial charge in [-0.05, 0) is 72.8 Å². The van der Waals surface area contributed by atoms with Gasteiger partial charge in [0, 0.05) is 5.56 Å². The van der Waals surface area contributed by atoms with E-state index in [1.807, 2.05) is 25.1 Å². The molecule has 0 radical (unpaired) electrons. The number of aromatic carboxylic acids is 1. The lowest BCUT2D eigenvalue weighted by Gasteiger charge is -2.29. The molecule has 172 valence electrons. The summed E-state index contributed by atoms with van der Waals surface area (Å²) in [6.45, 7) is 4.27. The number of carboxylic acid groups (broad SMARTS) is 1. The average Bonchev–Trinajstić information content (AvgIpc) is 2.83. The molecule has 0 heterocycles. The first kappa shape index (κ1) is 24.2. The molecule has 1 saturated carbocycles. The molecule has 0 bridgehead atoms. The highest BCUT2D eigenvalue weighted by molar-refractivity contribution is 5.96. The van der Waals surface area contributed by atoms with Crippen LogP contribution in [0.25, 0.3) is 17.0 Å². The lowest BCUT2D eigenvalue weighted by Crippen LogP contribution is -2.14. The number of carbonyl (C=O) groups is 1. The van der Waals surface area contributed by atoms with Gasteiger partial charge in [-0.25, -0.2) is 9.18 Å². The van der Waals surface area contributed by atoms with E-state index >= 15 is 0 Å². The third-order valence-corrected chi connectivity index (χ3v) is 6.89. The molecule has 0 aliphatic heterocycles. The van der Waals surface area contributed by atoms with Gasteiger partial charge in [0.25, 0.3) is 0 Å². The van der Waals surface area contributed by atoms with Crippen LogP contribution in [0.4, 0.5) is 4.39 Å². The number of hydrogen-bond donors (Lipinski definition) is 1. The summed E-state index contributed by atoms with van der Waals surface area (Å²) in [5.41, 5.74) is 3.62. The van der Waals surface area contributed by atoms with Crippen molar-refractivity contribution >= 4 is 11.8 Å². The van der Waals surface area contributed by atoms with Crippen molar-refractivity contribution < 1.29 is 14.3 Å². The van der Waals surface area contributed by atoms with Gasteiger partial charge in [-0.15, -0.1) is 0 Å². The molecule has 3 heteroatoms. The summed E-state index contributed by atoms with van der Waals surface area (Å²) in [6, 6.07) is 13.0. The van der Waals surface area contributed by atoms with E-state index < -0.39 is 5.97 Å². The van der Waals surface area contributed by atoms with E-state index in [1.54, 1.807) is 24.3 Å². The SMILES string of the molecule is CCC/C=C(/F)c1ccc(-c2cc(C3CCC(CCCCC)CC3)ccc2C(=O)O)cc1. The molecule has 2 nitrogen and oxygen atoms in total. The molecule has 2 aromatic rings. The Balaban J connectivity index is 1.78. The largest absolute Gasteiger partial charge is 0.478 e. The molecular formula is C29H37FO2. The standard InChI is InChI=1S/C29H37FO2/c1-3-5-7-8-21-10-12-22(13-11-21)25-18-19-26(29(31)32)27(20-25)23-14-16-24(17-15-23)28(30)9-6-4-2/h9,14-22H,3-8,10-13H2,1-2H3,(H,31,32)/b28-9+. The van der Waals surface area contributed by atoms with Gasteiger partial charge >= 0.3 is 5.97 Å². The Morgan fingerprint density at radius 3 is 2.34 bits per heavy atom. The highest BCUT2D eigenvalue weighted by Gasteiger charge is 2.23. The monoisotopic (exact) mass is 436 g/mol. The van der Waals surface area contributed by atoms with Gasteiger partial charge in [0.1, 0.15) is 5.83 Å². The second-order valence-corrected chi connectivity index (χ2v) is 9.24. The van der Waals surface area contributed by atoms with Crippen LogP contribution in [0.1, 0.15) is 105 Å². The van der Waals surface area contributed by atoms with Crippen LogP contribution in [0.15, 0.2) is 48.5 Å². The summed E-state index contributed by atoms with van der Waals surface area (Å²) in [5, 5.41) is 9.74. The predicted molar refractivity (Wildman–Crippen MR) is 132 cm³/mol. The van der Waals surface area contributed by atoms with Crippen molar-refractivity contribution in [3.8, 4) is 11.1 Å². The van der Waals surface area contributed by atoms with Gasteiger partial charge in [-0.3, -0.25) is 0 Å². The summed E-state index contributed by atoms with van der Waals surface area (Å²) < 4.78 is 14.3. The van der Waals surface area contributed by atoms with Crippen LogP contribution < -0.4 is 0 Å². The summed E-state index contributed by atoms with van der Waals surface area (Å²) >= 11 is 0. The van der Waals surface area contributed by atoms with Crippen molar-refractivity contribution in [3.05, 3.63) is 65.2 Å². The maximum absolute atomic E-state index is 14.3. The Labute approximate surface area is 192 Å². The van der Waals surface area contributed by atoms with E-state index in [1.165, 1.54) is 56.9 Å². The Hall–Kier alpha value is -2.42. The van der Waals surface area contributed by atoms with E-state index in [2.05, 4.69) is 13.0 Å². The summed E-state index contributed by atoms with van der Waals surface area (Å²) in [7, 11) is 0. The van der Waals surface area contributed by atoms with E-state index in [0.29, 0.717) is 23.5 Å². The Morgan fingerprint density at radius 1 is 1.00 bits per heavy atom. The number of unbranched alkanes of at least 4 members (excludes halogenated alkanes) is 3. The molecule has 1 N–H and O–H groups in total. The normalized spacial score (nSPS) is 19.2. The smallest absolute Gasteiger partial charge is 0.336 e. The molecule has 2 aromatic carbocycles. The molecule has 0 spiro atoms. The van der Waals surface area contributed by atoms with Crippen LogP contribution in [-0.2, 0) is 0 Å². The summed E-state index contributed by atoms with van der Waals surface area (Å²) in [4.78, 5) is 11.9. The van der Waals surface area contributed by atoms with Crippen LogP contribution >= 0.6 is 0 Å². The number of carboxylic acids is 1. The number of allylic oxidation sites excluding steroid dienone is 1. The maximum Gasteiger partial charge on any atom is 0.336 e. The first-order chi connectivity index (χ1) is 15.5. The molecule has 0 unspecified atom stereocenters. The van der Waals surface area contributed by atoms with Gasteiger partial charge in [-0.1, -0.05) is 82.3 Å². The van der Waals surface area contributed by atoms with E-state index in [9.17, 15) is 14.3 Å². The molecule has 1 fully saturated rings. The minimum absolute atomic E-state index is 0.221. The van der Waals surface area contributed by atoms with Crippen molar-refractivity contribution in [2.24, 2.45) is 5.92 Å². The van der Waals surface area contributed by atoms with Gasteiger partial charge in [-0.2, -0.15) is 0 Å². The van der Waals surface area contributed by atoms with Gasteiger partial charge < -0.3 is 5.11 Å². The molecule has 0 atom stereocenters. The number of hydrogen-bond acceptors (Lipinski definition) is 1. The molecule has 1 aliphatic carbocycles. The first-order valence-electron chi connectivity index (χ1n) is 12.4. The maximum atomic E-state index is 14.3. The topological polar surface area (TPSA) is 37.3 Å². The van der Waals surface area contributed by atoms with Crippen LogP contribution in [0, 0.1) is 5.92 Å². The quantitative estimate of drug-likeness (QED) is 0.377. The van der Waals surface area contributed by atoms with Crippen LogP contribution in [0.2, 0.25) is 0 Å². The van der Waals surface area contributed by atoms with Crippen molar-refractivity contribution in [1.29, 1.82) is 0 Å². The van der Waals surface area contributed by atoms with Crippen LogP contribution in [0.3, 0.4) is 0 Å². The van der Waals surface area contributed by atoms with Crippen molar-refractivity contribution in [2.75, 3.05) is 0 Å². The summed E-state index contributed by atoms with van der Waals surface area (Å²) in [5.74, 6) is 0.192. The molecule has 3 rings (SSSR count). The third-order valence-electron chi connectivity index (χ3n) is 6.89. The fourth-order valence-electron chi connectivity index (χ4n) is 4.91. The minimum atomic E-state index is -0.927. The minimum Gasteiger partial charge on any atom is -0.478 e. The molecular weight excluding hydrogens is 399 g/mol. The first-order valence-corrected chi connectivity index (χ1v) is 12.4. The van der Waals surface area contributed by atoms with Gasteiger partial charge in [0.15, 0.2) is 0 Å². The highest BCUT2D eigenvalue weighted by atomic mass is 19.1. The van der Waals surface area contributed by atoms with Gasteiger partial charge in [0.2, 0.25) is 0 Å². The number of rotatable bonds is 10. The average molecular weight is 437 g/mol. The van der Waals surface area contributed by atoms with E-state index in [0.717, 1.165) is 23.5 Å². The lowest BCUT2D eigenvalue weighted by atomic mass is 9.76. The van der Waals surface area contributed by atoms with E-state index in [4.69, 9.17) is 0 Å². The van der Waals surface area contributed by atoms with Crippen molar-refractivity contribution in [1.82, 2.24) is 0 Å². The fourth-order valence-corrected chi connectivity index (χ4v) is 4.91. The molecule has 0 aromatic heterocycles. The zero-order valence-corrected chi connectivity index (χ0v) is 19.6. The lowest BCUT2D eigenvalue weighted by molar-refractivity contribution is 0.0697. The fraction of sp³-hybridized carbons (Fsp3) is 0.483. The Bertz CT molecular complexity index is 905. The van der Waals surface area contributed by atoms with Crippen molar-refractivity contribution in [3.63, 3.8) is 0 Å². The van der Waals surface area contributed by atoms with Crippen molar-refractivity contribution in [2.45, 2.75) is 84.0 Å². The molecule has 0 amide bonds. The highest BCUT2D eigenvalue weighted by Crippen LogP contribution is 2.39. The third kappa shape index (κ3) is 6.31. The molecule has 32 heavy (non-hydrogen) atoms. The second-order valence-electron chi connectivity index (χ2n) is 9.24. The Kier molecular flexibility index (Phi) is 9.08. The zero-order chi connectivity index (χ0) is 22.9. The number of benzene rings is 2. The molecule has 0 saturated heterocycles. The van der Waals surface area contributed by atoms with Crippen LogP contribution in [-0.4, -0.2) is 11.1 Å².